The number of benzene rings is 2. The van der Waals surface area contributed by atoms with Gasteiger partial charge in [0.05, 0.1) is 7.11 Å². The molecule has 2 rings (SSSR count). The quantitative estimate of drug-likeness (QED) is 0.852. The second kappa shape index (κ2) is 5.78. The van der Waals surface area contributed by atoms with Gasteiger partial charge < -0.3 is 10.5 Å². The summed E-state index contributed by atoms with van der Waals surface area (Å²) in [5, 5.41) is 0.810. The standard InChI is InChI=1S/C15H16ClNO/c1-18-13-9-8-12(15(17)10-13)7-6-11-4-2-3-5-14(11)16/h2-5,8-10H,6-7,17H2,1H3. The Hall–Kier alpha value is -1.67. The number of aryl methyl sites for hydroxylation is 2. The summed E-state index contributed by atoms with van der Waals surface area (Å²) < 4.78 is 5.13. The molecule has 94 valence electrons. The van der Waals surface area contributed by atoms with E-state index >= 15 is 0 Å². The number of methoxy groups -OCH3 is 1. The summed E-state index contributed by atoms with van der Waals surface area (Å²) in [6.45, 7) is 0. The van der Waals surface area contributed by atoms with E-state index in [9.17, 15) is 0 Å². The van der Waals surface area contributed by atoms with Crippen LogP contribution in [0.1, 0.15) is 11.1 Å². The van der Waals surface area contributed by atoms with E-state index in [0.717, 1.165) is 40.4 Å². The molecule has 0 heterocycles. The molecule has 2 nitrogen and oxygen atoms in total. The number of hydrogen-bond donors (Lipinski definition) is 1. The summed E-state index contributed by atoms with van der Waals surface area (Å²) in [7, 11) is 1.64. The van der Waals surface area contributed by atoms with Crippen molar-refractivity contribution in [2.45, 2.75) is 12.8 Å². The van der Waals surface area contributed by atoms with E-state index in [1.165, 1.54) is 0 Å². The molecule has 0 spiro atoms. The van der Waals surface area contributed by atoms with Crippen molar-refractivity contribution >= 4 is 17.3 Å². The molecule has 0 atom stereocenters. The molecule has 0 saturated heterocycles. The lowest BCUT2D eigenvalue weighted by Crippen LogP contribution is -1.98. The molecular formula is C15H16ClNO. The fourth-order valence-corrected chi connectivity index (χ4v) is 2.13. The maximum Gasteiger partial charge on any atom is 0.120 e. The van der Waals surface area contributed by atoms with Gasteiger partial charge in [0.2, 0.25) is 0 Å². The normalized spacial score (nSPS) is 10.3. The van der Waals surface area contributed by atoms with Crippen LogP contribution in [-0.4, -0.2) is 7.11 Å². The minimum absolute atomic E-state index is 0.765. The van der Waals surface area contributed by atoms with Gasteiger partial charge in [-0.15, -0.1) is 0 Å². The number of halogens is 1. The topological polar surface area (TPSA) is 35.2 Å². The van der Waals surface area contributed by atoms with Crippen molar-refractivity contribution in [2.75, 3.05) is 12.8 Å². The average molecular weight is 262 g/mol. The van der Waals surface area contributed by atoms with Gasteiger partial charge in [-0.05, 0) is 36.1 Å². The van der Waals surface area contributed by atoms with Gasteiger partial charge in [-0.2, -0.15) is 0 Å². The number of rotatable bonds is 4. The Morgan fingerprint density at radius 1 is 1.06 bits per heavy atom. The highest BCUT2D eigenvalue weighted by atomic mass is 35.5. The third kappa shape index (κ3) is 2.96. The van der Waals surface area contributed by atoms with Crippen molar-refractivity contribution < 1.29 is 4.74 Å². The van der Waals surface area contributed by atoms with Crippen molar-refractivity contribution in [1.82, 2.24) is 0 Å². The van der Waals surface area contributed by atoms with Gasteiger partial charge >= 0.3 is 0 Å². The molecule has 0 aliphatic heterocycles. The Kier molecular flexibility index (Phi) is 4.11. The maximum absolute atomic E-state index is 6.13. The third-order valence-electron chi connectivity index (χ3n) is 2.97. The Morgan fingerprint density at radius 2 is 1.78 bits per heavy atom. The second-order valence-corrected chi connectivity index (χ2v) is 4.56. The summed E-state index contributed by atoms with van der Waals surface area (Å²) in [5.41, 5.74) is 9.02. The molecule has 2 aromatic carbocycles. The number of anilines is 1. The van der Waals surface area contributed by atoms with Crippen molar-refractivity contribution in [3.8, 4) is 5.75 Å². The number of hydrogen-bond acceptors (Lipinski definition) is 2. The first-order valence-corrected chi connectivity index (χ1v) is 6.24. The SMILES string of the molecule is COc1ccc(CCc2ccccc2Cl)c(N)c1. The molecule has 0 amide bonds. The maximum atomic E-state index is 6.13. The van der Waals surface area contributed by atoms with E-state index in [0.29, 0.717) is 0 Å². The summed E-state index contributed by atoms with van der Waals surface area (Å²) in [6.07, 6.45) is 1.76. The molecule has 2 N–H and O–H groups in total. The molecule has 0 radical (unpaired) electrons. The fourth-order valence-electron chi connectivity index (χ4n) is 1.90. The van der Waals surface area contributed by atoms with E-state index in [2.05, 4.69) is 0 Å². The lowest BCUT2D eigenvalue weighted by molar-refractivity contribution is 0.415. The zero-order valence-electron chi connectivity index (χ0n) is 10.3. The van der Waals surface area contributed by atoms with Crippen LogP contribution in [0.5, 0.6) is 5.75 Å². The van der Waals surface area contributed by atoms with Crippen LogP contribution in [0.4, 0.5) is 5.69 Å². The summed E-state index contributed by atoms with van der Waals surface area (Å²) in [4.78, 5) is 0. The Labute approximate surface area is 112 Å². The summed E-state index contributed by atoms with van der Waals surface area (Å²) in [6, 6.07) is 13.7. The molecule has 0 unspecified atom stereocenters. The number of ether oxygens (including phenoxy) is 1. The highest BCUT2D eigenvalue weighted by Crippen LogP contribution is 2.23. The molecule has 0 bridgehead atoms. The van der Waals surface area contributed by atoms with Gasteiger partial charge in [-0.1, -0.05) is 35.9 Å². The monoisotopic (exact) mass is 261 g/mol. The molecular weight excluding hydrogens is 246 g/mol. The van der Waals surface area contributed by atoms with Gasteiger partial charge in [0, 0.05) is 16.8 Å². The fraction of sp³-hybridized carbons (Fsp3) is 0.200. The van der Waals surface area contributed by atoms with Crippen molar-refractivity contribution in [3.05, 3.63) is 58.6 Å². The lowest BCUT2D eigenvalue weighted by Gasteiger charge is -2.08. The van der Waals surface area contributed by atoms with Crippen LogP contribution < -0.4 is 10.5 Å². The van der Waals surface area contributed by atoms with Gasteiger partial charge in [0.15, 0.2) is 0 Å². The molecule has 2 aromatic rings. The summed E-state index contributed by atoms with van der Waals surface area (Å²) >= 11 is 6.13. The van der Waals surface area contributed by atoms with E-state index in [4.69, 9.17) is 22.1 Å². The zero-order chi connectivity index (χ0) is 13.0. The number of nitrogen functional groups attached to an aromatic ring is 1. The van der Waals surface area contributed by atoms with Crippen LogP contribution in [0, 0.1) is 0 Å². The molecule has 3 heteroatoms. The molecule has 18 heavy (non-hydrogen) atoms. The molecule has 0 fully saturated rings. The molecule has 0 aliphatic carbocycles. The highest BCUT2D eigenvalue weighted by Gasteiger charge is 2.04. The number of nitrogens with two attached hydrogens (primary N) is 1. The van der Waals surface area contributed by atoms with Crippen LogP contribution in [-0.2, 0) is 12.8 Å². The van der Waals surface area contributed by atoms with Crippen LogP contribution >= 0.6 is 11.6 Å². The van der Waals surface area contributed by atoms with E-state index in [-0.39, 0.29) is 0 Å². The van der Waals surface area contributed by atoms with Gasteiger partial charge in [0.1, 0.15) is 5.75 Å². The molecule has 0 saturated carbocycles. The zero-order valence-corrected chi connectivity index (χ0v) is 11.1. The summed E-state index contributed by atoms with van der Waals surface area (Å²) in [5.74, 6) is 0.786. The third-order valence-corrected chi connectivity index (χ3v) is 3.34. The minimum atomic E-state index is 0.765. The van der Waals surface area contributed by atoms with Crippen molar-refractivity contribution in [2.24, 2.45) is 0 Å². The van der Waals surface area contributed by atoms with Crippen LogP contribution in [0.2, 0.25) is 5.02 Å². The Bertz CT molecular complexity index is 540. The Morgan fingerprint density at radius 3 is 2.44 bits per heavy atom. The second-order valence-electron chi connectivity index (χ2n) is 4.16. The predicted molar refractivity (Wildman–Crippen MR) is 76.3 cm³/mol. The van der Waals surface area contributed by atoms with Crippen LogP contribution in [0.3, 0.4) is 0 Å². The van der Waals surface area contributed by atoms with E-state index in [1.54, 1.807) is 7.11 Å². The first kappa shape index (κ1) is 12.8. The minimum Gasteiger partial charge on any atom is -0.497 e. The smallest absolute Gasteiger partial charge is 0.120 e. The van der Waals surface area contributed by atoms with Gasteiger partial charge in [0.25, 0.3) is 0 Å². The average Bonchev–Trinajstić information content (AvgIpc) is 2.39. The molecule has 0 aliphatic rings. The first-order chi connectivity index (χ1) is 8.70. The van der Waals surface area contributed by atoms with Crippen molar-refractivity contribution in [3.63, 3.8) is 0 Å². The lowest BCUT2D eigenvalue weighted by atomic mass is 10.0. The van der Waals surface area contributed by atoms with Crippen molar-refractivity contribution in [1.29, 1.82) is 0 Å². The van der Waals surface area contributed by atoms with Gasteiger partial charge in [-0.3, -0.25) is 0 Å². The van der Waals surface area contributed by atoms with Crippen LogP contribution in [0.15, 0.2) is 42.5 Å². The van der Waals surface area contributed by atoms with Crippen LogP contribution in [0.25, 0.3) is 0 Å². The van der Waals surface area contributed by atoms with E-state index in [1.807, 2.05) is 42.5 Å². The predicted octanol–water partition coefficient (Wildman–Crippen LogP) is 3.72. The van der Waals surface area contributed by atoms with E-state index < -0.39 is 0 Å². The first-order valence-electron chi connectivity index (χ1n) is 5.86. The largest absolute Gasteiger partial charge is 0.497 e. The molecule has 0 aromatic heterocycles. The highest BCUT2D eigenvalue weighted by molar-refractivity contribution is 6.31. The Balaban J connectivity index is 2.09. The van der Waals surface area contributed by atoms with Gasteiger partial charge in [-0.25, -0.2) is 0 Å².